The van der Waals surface area contributed by atoms with E-state index in [-0.39, 0.29) is 0 Å². The summed E-state index contributed by atoms with van der Waals surface area (Å²) in [5.41, 5.74) is 1.06. The van der Waals surface area contributed by atoms with Crippen molar-refractivity contribution in [3.8, 4) is 0 Å². The highest BCUT2D eigenvalue weighted by Gasteiger charge is 2.22. The van der Waals surface area contributed by atoms with Gasteiger partial charge in [-0.2, -0.15) is 0 Å². The van der Waals surface area contributed by atoms with Crippen LogP contribution in [0.5, 0.6) is 0 Å². The summed E-state index contributed by atoms with van der Waals surface area (Å²) in [4.78, 5) is 2.47. The maximum absolute atomic E-state index is 5.09. The Morgan fingerprint density at radius 3 is 3.18 bits per heavy atom. The molecule has 0 aliphatic carbocycles. The lowest BCUT2D eigenvalue weighted by atomic mass is 10.1. The van der Waals surface area contributed by atoms with Gasteiger partial charge in [-0.3, -0.25) is 4.90 Å². The molecule has 0 spiro atoms. The number of likely N-dealkylation sites (tertiary alicyclic amines) is 1. The fourth-order valence-corrected chi connectivity index (χ4v) is 2.43. The minimum absolute atomic E-state index is 0.801. The standard InChI is InChI=1S/C13H23N3O/c1-3-5-14-8-12-4-6-16(9-12)10-13-7-11(2)17-15-13/h7,12,14H,3-6,8-10H2,1-2H3. The van der Waals surface area contributed by atoms with Gasteiger partial charge in [-0.25, -0.2) is 0 Å². The van der Waals surface area contributed by atoms with Gasteiger partial charge in [0.25, 0.3) is 0 Å². The summed E-state index contributed by atoms with van der Waals surface area (Å²) in [5.74, 6) is 1.70. The van der Waals surface area contributed by atoms with Crippen molar-refractivity contribution < 1.29 is 4.52 Å². The molecule has 17 heavy (non-hydrogen) atoms. The molecule has 0 radical (unpaired) electrons. The summed E-state index contributed by atoms with van der Waals surface area (Å²) in [6.07, 6.45) is 2.52. The number of nitrogens with zero attached hydrogens (tertiary/aromatic N) is 2. The van der Waals surface area contributed by atoms with Crippen molar-refractivity contribution >= 4 is 0 Å². The second-order valence-electron chi connectivity index (χ2n) is 5.02. The molecular weight excluding hydrogens is 214 g/mol. The van der Waals surface area contributed by atoms with E-state index in [0.717, 1.165) is 37.0 Å². The van der Waals surface area contributed by atoms with E-state index in [1.807, 2.05) is 13.0 Å². The molecule has 1 N–H and O–H groups in total. The fraction of sp³-hybridized carbons (Fsp3) is 0.769. The average Bonchev–Trinajstić information content (AvgIpc) is 2.90. The number of hydrogen-bond donors (Lipinski definition) is 1. The van der Waals surface area contributed by atoms with E-state index >= 15 is 0 Å². The first kappa shape index (κ1) is 12.6. The second kappa shape index (κ2) is 6.17. The second-order valence-corrected chi connectivity index (χ2v) is 5.02. The molecule has 1 aromatic heterocycles. The lowest BCUT2D eigenvalue weighted by Crippen LogP contribution is -2.26. The molecule has 1 fully saturated rings. The van der Waals surface area contributed by atoms with Crippen LogP contribution >= 0.6 is 0 Å². The SMILES string of the molecule is CCCNCC1CCN(Cc2cc(C)on2)C1. The van der Waals surface area contributed by atoms with Gasteiger partial charge in [0.15, 0.2) is 0 Å². The van der Waals surface area contributed by atoms with E-state index in [1.165, 1.54) is 25.9 Å². The highest BCUT2D eigenvalue weighted by molar-refractivity contribution is 5.03. The Bertz CT molecular complexity index is 337. The molecule has 1 saturated heterocycles. The quantitative estimate of drug-likeness (QED) is 0.766. The lowest BCUT2D eigenvalue weighted by molar-refractivity contribution is 0.299. The number of aryl methyl sites for hydroxylation is 1. The van der Waals surface area contributed by atoms with Crippen LogP contribution in [-0.2, 0) is 6.54 Å². The van der Waals surface area contributed by atoms with Crippen LogP contribution in [0.15, 0.2) is 10.6 Å². The van der Waals surface area contributed by atoms with E-state index < -0.39 is 0 Å². The third-order valence-corrected chi connectivity index (χ3v) is 3.29. The molecule has 0 amide bonds. The van der Waals surface area contributed by atoms with Gasteiger partial charge >= 0.3 is 0 Å². The molecule has 4 heteroatoms. The topological polar surface area (TPSA) is 41.3 Å². The van der Waals surface area contributed by atoms with Crippen LogP contribution in [0.2, 0.25) is 0 Å². The molecule has 1 aliphatic heterocycles. The molecule has 96 valence electrons. The third kappa shape index (κ3) is 3.82. The lowest BCUT2D eigenvalue weighted by Gasteiger charge is -2.14. The Morgan fingerprint density at radius 1 is 1.59 bits per heavy atom. The van der Waals surface area contributed by atoms with Crippen LogP contribution in [0.25, 0.3) is 0 Å². The van der Waals surface area contributed by atoms with E-state index in [0.29, 0.717) is 0 Å². The number of rotatable bonds is 6. The van der Waals surface area contributed by atoms with E-state index in [4.69, 9.17) is 4.52 Å². The van der Waals surface area contributed by atoms with Gasteiger partial charge in [-0.05, 0) is 45.3 Å². The van der Waals surface area contributed by atoms with Gasteiger partial charge in [0.1, 0.15) is 5.76 Å². The Hall–Kier alpha value is -0.870. The molecule has 0 bridgehead atoms. The first-order chi connectivity index (χ1) is 8.28. The maximum Gasteiger partial charge on any atom is 0.133 e. The Labute approximate surface area is 103 Å². The first-order valence-electron chi connectivity index (χ1n) is 6.63. The normalized spacial score (nSPS) is 21.2. The van der Waals surface area contributed by atoms with E-state index in [2.05, 4.69) is 22.3 Å². The molecular formula is C13H23N3O. The van der Waals surface area contributed by atoms with Crippen molar-refractivity contribution in [3.63, 3.8) is 0 Å². The summed E-state index contributed by atoms with van der Waals surface area (Å²) in [7, 11) is 0. The molecule has 1 atom stereocenters. The monoisotopic (exact) mass is 237 g/mol. The first-order valence-corrected chi connectivity index (χ1v) is 6.63. The minimum Gasteiger partial charge on any atom is -0.361 e. The summed E-state index contributed by atoms with van der Waals surface area (Å²) in [6.45, 7) is 9.74. The van der Waals surface area contributed by atoms with Crippen LogP contribution in [-0.4, -0.2) is 36.2 Å². The van der Waals surface area contributed by atoms with Gasteiger partial charge in [0.2, 0.25) is 0 Å². The van der Waals surface area contributed by atoms with Gasteiger partial charge in [-0.15, -0.1) is 0 Å². The zero-order chi connectivity index (χ0) is 12.1. The van der Waals surface area contributed by atoms with Crippen molar-refractivity contribution in [2.24, 2.45) is 5.92 Å². The van der Waals surface area contributed by atoms with Gasteiger partial charge in [0.05, 0.1) is 5.69 Å². The largest absolute Gasteiger partial charge is 0.361 e. The zero-order valence-corrected chi connectivity index (χ0v) is 10.9. The minimum atomic E-state index is 0.801. The highest BCUT2D eigenvalue weighted by atomic mass is 16.5. The smallest absolute Gasteiger partial charge is 0.133 e. The number of aromatic nitrogens is 1. The zero-order valence-electron chi connectivity index (χ0n) is 10.9. The number of hydrogen-bond acceptors (Lipinski definition) is 4. The van der Waals surface area contributed by atoms with Gasteiger partial charge < -0.3 is 9.84 Å². The van der Waals surface area contributed by atoms with Gasteiger partial charge in [-0.1, -0.05) is 12.1 Å². The van der Waals surface area contributed by atoms with Crippen molar-refractivity contribution in [1.82, 2.24) is 15.4 Å². The Balaban J connectivity index is 1.70. The Morgan fingerprint density at radius 2 is 2.47 bits per heavy atom. The van der Waals surface area contributed by atoms with Crippen molar-refractivity contribution in [3.05, 3.63) is 17.5 Å². The van der Waals surface area contributed by atoms with Crippen LogP contribution < -0.4 is 5.32 Å². The third-order valence-electron chi connectivity index (χ3n) is 3.29. The highest BCUT2D eigenvalue weighted by Crippen LogP contribution is 2.17. The summed E-state index contributed by atoms with van der Waals surface area (Å²) in [6, 6.07) is 2.03. The molecule has 1 unspecified atom stereocenters. The predicted octanol–water partition coefficient (Wildman–Crippen LogP) is 1.80. The van der Waals surface area contributed by atoms with E-state index in [9.17, 15) is 0 Å². The molecule has 0 saturated carbocycles. The molecule has 1 aromatic rings. The van der Waals surface area contributed by atoms with Crippen molar-refractivity contribution in [2.45, 2.75) is 33.2 Å². The van der Waals surface area contributed by atoms with Crippen LogP contribution in [0.1, 0.15) is 31.2 Å². The predicted molar refractivity (Wildman–Crippen MR) is 67.8 cm³/mol. The van der Waals surface area contributed by atoms with Crippen LogP contribution in [0, 0.1) is 12.8 Å². The molecule has 1 aliphatic rings. The van der Waals surface area contributed by atoms with Crippen molar-refractivity contribution in [2.75, 3.05) is 26.2 Å². The molecule has 2 heterocycles. The summed E-state index contributed by atoms with van der Waals surface area (Å²) in [5, 5.41) is 7.55. The molecule has 4 nitrogen and oxygen atoms in total. The summed E-state index contributed by atoms with van der Waals surface area (Å²) < 4.78 is 5.09. The number of nitrogens with one attached hydrogen (secondary N) is 1. The molecule has 0 aromatic carbocycles. The molecule has 2 rings (SSSR count). The van der Waals surface area contributed by atoms with Crippen LogP contribution in [0.4, 0.5) is 0 Å². The van der Waals surface area contributed by atoms with Crippen molar-refractivity contribution in [1.29, 1.82) is 0 Å². The van der Waals surface area contributed by atoms with Gasteiger partial charge in [0, 0.05) is 19.2 Å². The van der Waals surface area contributed by atoms with Crippen LogP contribution in [0.3, 0.4) is 0 Å². The maximum atomic E-state index is 5.09. The van der Waals surface area contributed by atoms with E-state index in [1.54, 1.807) is 0 Å². The fourth-order valence-electron chi connectivity index (χ4n) is 2.43. The Kier molecular flexibility index (Phi) is 4.57. The summed E-state index contributed by atoms with van der Waals surface area (Å²) >= 11 is 0. The average molecular weight is 237 g/mol.